The van der Waals surface area contributed by atoms with Gasteiger partial charge in [-0.3, -0.25) is 9.69 Å². The van der Waals surface area contributed by atoms with Crippen LogP contribution in [0.2, 0.25) is 0 Å². The number of nitrogens with one attached hydrogen (secondary N) is 1. The second-order valence-corrected chi connectivity index (χ2v) is 6.88. The molecule has 27 heavy (non-hydrogen) atoms. The van der Waals surface area contributed by atoms with Gasteiger partial charge in [0.05, 0.1) is 20.8 Å². The Kier molecular flexibility index (Phi) is 7.67. The summed E-state index contributed by atoms with van der Waals surface area (Å²) in [6, 6.07) is 12.1. The first-order valence-corrected chi connectivity index (χ1v) is 9.15. The molecule has 0 radical (unpaired) electrons. The number of aryl methyl sites for hydroxylation is 2. The van der Waals surface area contributed by atoms with Crippen molar-refractivity contribution in [2.24, 2.45) is 0 Å². The van der Waals surface area contributed by atoms with Gasteiger partial charge in [0, 0.05) is 13.1 Å². The van der Waals surface area contributed by atoms with Gasteiger partial charge in [0.25, 0.3) is 0 Å². The molecule has 0 fully saturated rings. The number of hydrogen-bond donors (Lipinski definition) is 1. The van der Waals surface area contributed by atoms with Crippen molar-refractivity contribution < 1.29 is 14.3 Å². The predicted octanol–water partition coefficient (Wildman–Crippen LogP) is 3.11. The van der Waals surface area contributed by atoms with E-state index in [-0.39, 0.29) is 5.91 Å². The molecule has 0 saturated carbocycles. The highest BCUT2D eigenvalue weighted by molar-refractivity contribution is 5.77. The minimum absolute atomic E-state index is 0.0352. The molecule has 0 unspecified atom stereocenters. The van der Waals surface area contributed by atoms with E-state index >= 15 is 0 Å². The van der Waals surface area contributed by atoms with Crippen molar-refractivity contribution >= 4 is 5.91 Å². The first-order chi connectivity index (χ1) is 12.9. The lowest BCUT2D eigenvalue weighted by molar-refractivity contribution is -0.122. The Morgan fingerprint density at radius 1 is 1.00 bits per heavy atom. The molecule has 5 nitrogen and oxygen atoms in total. The van der Waals surface area contributed by atoms with Gasteiger partial charge in [-0.1, -0.05) is 24.3 Å². The summed E-state index contributed by atoms with van der Waals surface area (Å²) in [5.41, 5.74) is 4.59. The summed E-state index contributed by atoms with van der Waals surface area (Å²) in [7, 11) is 5.30. The smallest absolute Gasteiger partial charge is 0.234 e. The number of ether oxygens (including phenoxy) is 2. The molecule has 0 saturated heterocycles. The van der Waals surface area contributed by atoms with E-state index in [0.717, 1.165) is 35.6 Å². The second kappa shape index (κ2) is 9.97. The Morgan fingerprint density at radius 2 is 1.63 bits per heavy atom. The molecule has 2 rings (SSSR count). The lowest BCUT2D eigenvalue weighted by Crippen LogP contribution is -2.35. The normalized spacial score (nSPS) is 10.7. The molecule has 0 atom stereocenters. The van der Waals surface area contributed by atoms with Crippen molar-refractivity contribution in [3.8, 4) is 11.5 Å². The standard InChI is InChI=1S/C22H30N2O3/c1-16-12-19(13-17(2)22(16)27-5)14-24(3)15-21(25)23-11-10-18-6-8-20(26-4)9-7-18/h6-9,12-13H,10-11,14-15H2,1-5H3,(H,23,25). The molecule has 0 bridgehead atoms. The van der Waals surface area contributed by atoms with Crippen molar-refractivity contribution in [2.75, 3.05) is 34.4 Å². The molecule has 146 valence electrons. The summed E-state index contributed by atoms with van der Waals surface area (Å²) in [5.74, 6) is 1.80. The van der Waals surface area contributed by atoms with Gasteiger partial charge in [-0.15, -0.1) is 0 Å². The Morgan fingerprint density at radius 3 is 2.19 bits per heavy atom. The third-order valence-electron chi connectivity index (χ3n) is 4.49. The summed E-state index contributed by atoms with van der Waals surface area (Å²) >= 11 is 0. The molecule has 0 aromatic heterocycles. The maximum atomic E-state index is 12.2. The fraction of sp³-hybridized carbons (Fsp3) is 0.409. The van der Waals surface area contributed by atoms with Crippen molar-refractivity contribution in [3.63, 3.8) is 0 Å². The summed E-state index contributed by atoms with van der Waals surface area (Å²) in [6.07, 6.45) is 0.802. The molecule has 5 heteroatoms. The summed E-state index contributed by atoms with van der Waals surface area (Å²) in [4.78, 5) is 14.2. The quantitative estimate of drug-likeness (QED) is 0.737. The van der Waals surface area contributed by atoms with Gasteiger partial charge in [0.2, 0.25) is 5.91 Å². The van der Waals surface area contributed by atoms with Gasteiger partial charge >= 0.3 is 0 Å². The van der Waals surface area contributed by atoms with Crippen molar-refractivity contribution in [3.05, 3.63) is 58.7 Å². The van der Waals surface area contributed by atoms with Crippen LogP contribution < -0.4 is 14.8 Å². The number of nitrogens with zero attached hydrogens (tertiary/aromatic N) is 1. The minimum Gasteiger partial charge on any atom is -0.497 e. The zero-order chi connectivity index (χ0) is 19.8. The van der Waals surface area contributed by atoms with Crippen LogP contribution in [0, 0.1) is 13.8 Å². The lowest BCUT2D eigenvalue weighted by atomic mass is 10.1. The Bertz CT molecular complexity index is 734. The van der Waals surface area contributed by atoms with Crippen LogP contribution in [-0.4, -0.2) is 45.2 Å². The van der Waals surface area contributed by atoms with Gasteiger partial charge in [-0.25, -0.2) is 0 Å². The molecule has 1 amide bonds. The fourth-order valence-corrected chi connectivity index (χ4v) is 3.26. The van der Waals surface area contributed by atoms with E-state index in [9.17, 15) is 4.79 Å². The number of rotatable bonds is 9. The average Bonchev–Trinajstić information content (AvgIpc) is 2.62. The van der Waals surface area contributed by atoms with Gasteiger partial charge in [0.15, 0.2) is 0 Å². The maximum absolute atomic E-state index is 12.2. The van der Waals surface area contributed by atoms with Crippen LogP contribution in [-0.2, 0) is 17.8 Å². The summed E-state index contributed by atoms with van der Waals surface area (Å²) < 4.78 is 10.6. The van der Waals surface area contributed by atoms with Crippen molar-refractivity contribution in [2.45, 2.75) is 26.8 Å². The third kappa shape index (κ3) is 6.29. The van der Waals surface area contributed by atoms with Gasteiger partial charge in [0.1, 0.15) is 11.5 Å². The van der Waals surface area contributed by atoms with Crippen molar-refractivity contribution in [1.82, 2.24) is 10.2 Å². The van der Waals surface area contributed by atoms with E-state index in [1.807, 2.05) is 50.1 Å². The monoisotopic (exact) mass is 370 g/mol. The molecule has 0 aliphatic rings. The molecular formula is C22H30N2O3. The number of likely N-dealkylation sites (N-methyl/N-ethyl adjacent to an activating group) is 1. The molecule has 2 aromatic rings. The third-order valence-corrected chi connectivity index (χ3v) is 4.49. The topological polar surface area (TPSA) is 50.8 Å². The Hall–Kier alpha value is -2.53. The van der Waals surface area contributed by atoms with E-state index in [4.69, 9.17) is 9.47 Å². The second-order valence-electron chi connectivity index (χ2n) is 6.88. The first kappa shape index (κ1) is 20.8. The van der Waals surface area contributed by atoms with Gasteiger partial charge in [-0.2, -0.15) is 0 Å². The van der Waals surface area contributed by atoms with Gasteiger partial charge in [-0.05, 0) is 61.7 Å². The largest absolute Gasteiger partial charge is 0.497 e. The Labute approximate surface area is 162 Å². The van der Waals surface area contributed by atoms with Crippen LogP contribution in [0.3, 0.4) is 0 Å². The van der Waals surface area contributed by atoms with Crippen LogP contribution in [0.25, 0.3) is 0 Å². The van der Waals surface area contributed by atoms with Gasteiger partial charge < -0.3 is 14.8 Å². The first-order valence-electron chi connectivity index (χ1n) is 9.15. The molecule has 0 heterocycles. The van der Waals surface area contributed by atoms with Crippen LogP contribution in [0.1, 0.15) is 22.3 Å². The number of carbonyl (C=O) groups excluding carboxylic acids is 1. The number of hydrogen-bond acceptors (Lipinski definition) is 4. The van der Waals surface area contributed by atoms with E-state index in [0.29, 0.717) is 13.1 Å². The zero-order valence-electron chi connectivity index (χ0n) is 17.0. The van der Waals surface area contributed by atoms with E-state index < -0.39 is 0 Å². The van der Waals surface area contributed by atoms with E-state index in [1.54, 1.807) is 14.2 Å². The van der Waals surface area contributed by atoms with Crippen LogP contribution >= 0.6 is 0 Å². The molecule has 0 spiro atoms. The number of methoxy groups -OCH3 is 2. The SMILES string of the molecule is COc1ccc(CCNC(=O)CN(C)Cc2cc(C)c(OC)c(C)c2)cc1. The maximum Gasteiger partial charge on any atom is 0.234 e. The summed E-state index contributed by atoms with van der Waals surface area (Å²) in [6.45, 7) is 5.80. The average molecular weight is 370 g/mol. The number of benzene rings is 2. The lowest BCUT2D eigenvalue weighted by Gasteiger charge is -2.18. The molecular weight excluding hydrogens is 340 g/mol. The number of amides is 1. The van der Waals surface area contributed by atoms with E-state index in [2.05, 4.69) is 17.4 Å². The predicted molar refractivity (Wildman–Crippen MR) is 109 cm³/mol. The van der Waals surface area contributed by atoms with Crippen LogP contribution in [0.5, 0.6) is 11.5 Å². The Balaban J connectivity index is 1.78. The van der Waals surface area contributed by atoms with Crippen molar-refractivity contribution in [1.29, 1.82) is 0 Å². The van der Waals surface area contributed by atoms with E-state index in [1.165, 1.54) is 11.1 Å². The molecule has 2 aromatic carbocycles. The highest BCUT2D eigenvalue weighted by atomic mass is 16.5. The van der Waals surface area contributed by atoms with Crippen LogP contribution in [0.15, 0.2) is 36.4 Å². The fourth-order valence-electron chi connectivity index (χ4n) is 3.26. The number of carbonyl (C=O) groups is 1. The zero-order valence-corrected chi connectivity index (χ0v) is 17.0. The summed E-state index contributed by atoms with van der Waals surface area (Å²) in [5, 5.41) is 2.99. The minimum atomic E-state index is 0.0352. The highest BCUT2D eigenvalue weighted by Crippen LogP contribution is 2.24. The molecule has 0 aliphatic heterocycles. The molecule has 1 N–H and O–H groups in total. The highest BCUT2D eigenvalue weighted by Gasteiger charge is 2.10. The van der Waals surface area contributed by atoms with Crippen LogP contribution in [0.4, 0.5) is 0 Å². The molecule has 0 aliphatic carbocycles.